The normalized spacial score (nSPS) is 15.9. The molecule has 1 aliphatic rings. The molecule has 0 saturated carbocycles. The molecule has 9 nitrogen and oxygen atoms in total. The molecular weight excluding hydrogens is 444 g/mol. The van der Waals surface area contributed by atoms with Gasteiger partial charge in [0.15, 0.2) is 5.65 Å². The van der Waals surface area contributed by atoms with E-state index in [-0.39, 0.29) is 11.9 Å². The average Bonchev–Trinajstić information content (AvgIpc) is 3.29. The highest BCUT2D eigenvalue weighted by Gasteiger charge is 2.28. The average molecular weight is 473 g/mol. The topological polar surface area (TPSA) is 108 Å². The molecule has 5 rings (SSSR count). The second-order valence-electron chi connectivity index (χ2n) is 8.57. The molecule has 180 valence electrons. The number of carbonyl (C=O) groups is 1. The molecule has 9 heteroatoms. The van der Waals surface area contributed by atoms with Gasteiger partial charge in [-0.15, -0.1) is 0 Å². The Morgan fingerprint density at radius 3 is 2.63 bits per heavy atom. The van der Waals surface area contributed by atoms with Crippen molar-refractivity contribution in [3.8, 4) is 22.8 Å². The Morgan fingerprint density at radius 2 is 1.86 bits per heavy atom. The van der Waals surface area contributed by atoms with Crippen molar-refractivity contribution in [3.05, 3.63) is 60.9 Å². The highest BCUT2D eigenvalue weighted by molar-refractivity contribution is 5.98. The van der Waals surface area contributed by atoms with E-state index in [4.69, 9.17) is 20.3 Å². The number of aromatic nitrogens is 4. The summed E-state index contributed by atoms with van der Waals surface area (Å²) in [5.74, 6) is 1.97. The summed E-state index contributed by atoms with van der Waals surface area (Å²) in [7, 11) is 1.61. The number of benzene rings is 2. The van der Waals surface area contributed by atoms with Crippen LogP contribution in [0.25, 0.3) is 22.3 Å². The second-order valence-corrected chi connectivity index (χ2v) is 8.57. The summed E-state index contributed by atoms with van der Waals surface area (Å²) in [5, 5.41) is 5.66. The smallest absolute Gasteiger partial charge is 0.224 e. The van der Waals surface area contributed by atoms with Crippen LogP contribution in [-0.2, 0) is 9.53 Å². The number of amides is 1. The molecule has 0 aliphatic carbocycles. The molecule has 0 bridgehead atoms. The fourth-order valence-electron chi connectivity index (χ4n) is 4.49. The highest BCUT2D eigenvalue weighted by atomic mass is 16.5. The molecule has 0 spiro atoms. The van der Waals surface area contributed by atoms with Crippen molar-refractivity contribution in [3.63, 3.8) is 0 Å². The van der Waals surface area contributed by atoms with Crippen molar-refractivity contribution in [2.75, 3.05) is 32.5 Å². The number of rotatable bonds is 7. The number of nitrogens with two attached hydrogens (primary N) is 1. The SMILES string of the molecule is COCCC(=O)N1CCC[C@@H](n2nc(-c3ccc(Oc4ccccc4)cc3)c3c(N)ncnc32)C1. The van der Waals surface area contributed by atoms with Crippen LogP contribution in [-0.4, -0.2) is 57.4 Å². The fraction of sp³-hybridized carbons (Fsp3) is 0.308. The zero-order valence-corrected chi connectivity index (χ0v) is 19.6. The van der Waals surface area contributed by atoms with Gasteiger partial charge >= 0.3 is 0 Å². The summed E-state index contributed by atoms with van der Waals surface area (Å²) < 4.78 is 12.9. The third-order valence-electron chi connectivity index (χ3n) is 6.24. The molecule has 3 heterocycles. The summed E-state index contributed by atoms with van der Waals surface area (Å²) in [6, 6.07) is 17.4. The fourth-order valence-corrected chi connectivity index (χ4v) is 4.49. The number of nitrogens with zero attached hydrogens (tertiary/aromatic N) is 5. The van der Waals surface area contributed by atoms with Crippen LogP contribution in [0.3, 0.4) is 0 Å². The van der Waals surface area contributed by atoms with Crippen LogP contribution in [0, 0.1) is 0 Å². The predicted octanol–water partition coefficient (Wildman–Crippen LogP) is 4.07. The van der Waals surface area contributed by atoms with Crippen LogP contribution in [0.1, 0.15) is 25.3 Å². The van der Waals surface area contributed by atoms with E-state index in [1.807, 2.05) is 64.2 Å². The van der Waals surface area contributed by atoms with Crippen molar-refractivity contribution in [1.82, 2.24) is 24.6 Å². The Kier molecular flexibility index (Phi) is 6.58. The maximum atomic E-state index is 12.6. The zero-order chi connectivity index (χ0) is 24.2. The molecule has 2 aromatic heterocycles. The standard InChI is InChI=1S/C26H28N6O3/c1-34-15-13-22(33)31-14-5-6-19(16-31)32-26-23(25(27)28-17-29-26)24(30-32)18-9-11-21(12-10-18)35-20-7-3-2-4-8-20/h2-4,7-12,17,19H,5-6,13-16H2,1H3,(H2,27,28,29)/t19-/m1/s1. The number of hydrogen-bond donors (Lipinski definition) is 1. The maximum absolute atomic E-state index is 12.6. The molecule has 1 saturated heterocycles. The summed E-state index contributed by atoms with van der Waals surface area (Å²) in [6.45, 7) is 1.74. The lowest BCUT2D eigenvalue weighted by Crippen LogP contribution is -2.41. The largest absolute Gasteiger partial charge is 0.457 e. The van der Waals surface area contributed by atoms with Crippen LogP contribution in [0.4, 0.5) is 5.82 Å². The molecule has 1 atom stereocenters. The number of para-hydroxylation sites is 1. The first-order chi connectivity index (χ1) is 17.1. The minimum atomic E-state index is 0.00137. The third-order valence-corrected chi connectivity index (χ3v) is 6.24. The molecule has 0 unspecified atom stereocenters. The minimum absolute atomic E-state index is 0.00137. The van der Waals surface area contributed by atoms with E-state index in [1.54, 1.807) is 7.11 Å². The van der Waals surface area contributed by atoms with Gasteiger partial charge in [-0.2, -0.15) is 5.10 Å². The second kappa shape index (κ2) is 10.1. The van der Waals surface area contributed by atoms with E-state index < -0.39 is 0 Å². The Balaban J connectivity index is 1.45. The van der Waals surface area contributed by atoms with Crippen LogP contribution in [0.2, 0.25) is 0 Å². The van der Waals surface area contributed by atoms with Gasteiger partial charge in [0.2, 0.25) is 5.91 Å². The van der Waals surface area contributed by atoms with Crippen LogP contribution < -0.4 is 10.5 Å². The number of methoxy groups -OCH3 is 1. The van der Waals surface area contributed by atoms with Gasteiger partial charge in [0, 0.05) is 25.8 Å². The quantitative estimate of drug-likeness (QED) is 0.432. The van der Waals surface area contributed by atoms with Gasteiger partial charge < -0.3 is 20.1 Å². The molecule has 0 radical (unpaired) electrons. The van der Waals surface area contributed by atoms with E-state index >= 15 is 0 Å². The number of nitrogen functional groups attached to an aromatic ring is 1. The first kappa shape index (κ1) is 22.8. The Bertz CT molecular complexity index is 1310. The van der Waals surface area contributed by atoms with E-state index in [1.165, 1.54) is 6.33 Å². The first-order valence-corrected chi connectivity index (χ1v) is 11.7. The first-order valence-electron chi connectivity index (χ1n) is 11.7. The van der Waals surface area contributed by atoms with Crippen LogP contribution in [0.5, 0.6) is 11.5 Å². The molecule has 1 fully saturated rings. The predicted molar refractivity (Wildman–Crippen MR) is 133 cm³/mol. The zero-order valence-electron chi connectivity index (χ0n) is 19.6. The molecule has 2 aromatic carbocycles. The molecule has 2 N–H and O–H groups in total. The lowest BCUT2D eigenvalue weighted by Gasteiger charge is -2.33. The molecule has 1 aliphatic heterocycles. The lowest BCUT2D eigenvalue weighted by molar-refractivity contribution is -0.133. The molecule has 1 amide bonds. The van der Waals surface area contributed by atoms with E-state index in [9.17, 15) is 4.79 Å². The summed E-state index contributed by atoms with van der Waals surface area (Å²) in [6.07, 6.45) is 3.63. The van der Waals surface area contributed by atoms with Gasteiger partial charge in [0.1, 0.15) is 29.3 Å². The Hall–Kier alpha value is -3.98. The van der Waals surface area contributed by atoms with Crippen molar-refractivity contribution in [2.24, 2.45) is 0 Å². The Morgan fingerprint density at radius 1 is 1.09 bits per heavy atom. The summed E-state index contributed by atoms with van der Waals surface area (Å²) in [4.78, 5) is 23.2. The van der Waals surface area contributed by atoms with E-state index in [2.05, 4.69) is 9.97 Å². The van der Waals surface area contributed by atoms with Gasteiger partial charge in [-0.1, -0.05) is 18.2 Å². The Labute approximate surface area is 203 Å². The summed E-state index contributed by atoms with van der Waals surface area (Å²) >= 11 is 0. The van der Waals surface area contributed by atoms with Gasteiger partial charge in [-0.3, -0.25) is 4.79 Å². The van der Waals surface area contributed by atoms with Gasteiger partial charge in [0.25, 0.3) is 0 Å². The van der Waals surface area contributed by atoms with Gasteiger partial charge in [-0.05, 0) is 49.2 Å². The molecule has 35 heavy (non-hydrogen) atoms. The van der Waals surface area contributed by atoms with Crippen molar-refractivity contribution in [2.45, 2.75) is 25.3 Å². The number of ether oxygens (including phenoxy) is 2. The highest BCUT2D eigenvalue weighted by Crippen LogP contribution is 2.34. The minimum Gasteiger partial charge on any atom is -0.457 e. The van der Waals surface area contributed by atoms with Gasteiger partial charge in [-0.25, -0.2) is 14.6 Å². The number of anilines is 1. The van der Waals surface area contributed by atoms with E-state index in [0.717, 1.165) is 36.4 Å². The number of fused-ring (bicyclic) bond motifs is 1. The van der Waals surface area contributed by atoms with Crippen molar-refractivity contribution in [1.29, 1.82) is 0 Å². The molecular formula is C26H28N6O3. The van der Waals surface area contributed by atoms with Gasteiger partial charge in [0.05, 0.1) is 24.5 Å². The molecule has 4 aromatic rings. The van der Waals surface area contributed by atoms with Crippen molar-refractivity contribution < 1.29 is 14.3 Å². The number of hydrogen-bond acceptors (Lipinski definition) is 7. The van der Waals surface area contributed by atoms with Crippen LogP contribution >= 0.6 is 0 Å². The number of carbonyl (C=O) groups excluding carboxylic acids is 1. The van der Waals surface area contributed by atoms with Crippen LogP contribution in [0.15, 0.2) is 60.9 Å². The number of piperidine rings is 1. The monoisotopic (exact) mass is 472 g/mol. The summed E-state index contributed by atoms with van der Waals surface area (Å²) in [5.41, 5.74) is 8.57. The van der Waals surface area contributed by atoms with Crippen molar-refractivity contribution >= 4 is 22.8 Å². The third kappa shape index (κ3) is 4.81. The maximum Gasteiger partial charge on any atom is 0.224 e. The lowest BCUT2D eigenvalue weighted by atomic mass is 10.1. The van der Waals surface area contributed by atoms with E-state index in [0.29, 0.717) is 42.1 Å². The number of likely N-dealkylation sites (tertiary alicyclic amines) is 1.